The lowest BCUT2D eigenvalue weighted by molar-refractivity contribution is -0.0864. The van der Waals surface area contributed by atoms with Crippen LogP contribution in [0.4, 0.5) is 4.39 Å². The molecule has 0 spiro atoms. The lowest BCUT2D eigenvalue weighted by Crippen LogP contribution is -2.33. The van der Waals surface area contributed by atoms with Crippen LogP contribution >= 0.6 is 0 Å². The maximum Gasteiger partial charge on any atom is 0.114 e. The van der Waals surface area contributed by atoms with Gasteiger partial charge in [-0.05, 0) is 107 Å². The van der Waals surface area contributed by atoms with Crippen LogP contribution in [-0.2, 0) is 9.47 Å². The molecule has 1 aromatic heterocycles. The number of aryl methyl sites for hydroxylation is 1. The van der Waals surface area contributed by atoms with E-state index in [1.807, 2.05) is 19.9 Å². The van der Waals surface area contributed by atoms with E-state index in [-0.39, 0.29) is 23.2 Å². The van der Waals surface area contributed by atoms with Crippen LogP contribution in [0.2, 0.25) is 0 Å². The second-order valence-corrected chi connectivity index (χ2v) is 12.8. The molecular weight excluding hydrogens is 467 g/mol. The van der Waals surface area contributed by atoms with E-state index in [9.17, 15) is 9.50 Å². The molecule has 2 unspecified atom stereocenters. The number of rotatable bonds is 15. The molecule has 37 heavy (non-hydrogen) atoms. The molecule has 0 radical (unpaired) electrons. The van der Waals surface area contributed by atoms with Crippen LogP contribution in [-0.4, -0.2) is 45.2 Å². The van der Waals surface area contributed by atoms with E-state index in [2.05, 4.69) is 51.5 Å². The van der Waals surface area contributed by atoms with Gasteiger partial charge in [-0.25, -0.2) is 4.39 Å². The minimum absolute atomic E-state index is 0.0901. The molecule has 1 aliphatic carbocycles. The Kier molecular flexibility index (Phi) is 11.3. The van der Waals surface area contributed by atoms with Crippen molar-refractivity contribution in [1.82, 2.24) is 9.97 Å². The van der Waals surface area contributed by atoms with Crippen molar-refractivity contribution in [3.05, 3.63) is 28.9 Å². The van der Waals surface area contributed by atoms with E-state index < -0.39 is 11.8 Å². The van der Waals surface area contributed by atoms with E-state index in [1.54, 1.807) is 20.0 Å². The molecule has 1 saturated carbocycles. The van der Waals surface area contributed by atoms with Gasteiger partial charge in [-0.1, -0.05) is 18.9 Å². The predicted octanol–water partition coefficient (Wildman–Crippen LogP) is 7.95. The number of hydrogen-bond donors (Lipinski definition) is 1. The fourth-order valence-corrected chi connectivity index (χ4v) is 5.27. The minimum atomic E-state index is -1.25. The van der Waals surface area contributed by atoms with E-state index >= 15 is 0 Å². The van der Waals surface area contributed by atoms with Crippen molar-refractivity contribution >= 4 is 6.08 Å². The third-order valence-electron chi connectivity index (χ3n) is 7.67. The Morgan fingerprint density at radius 2 is 1.81 bits per heavy atom. The zero-order chi connectivity index (χ0) is 28.0. The zero-order valence-corrected chi connectivity index (χ0v) is 25.2. The van der Waals surface area contributed by atoms with Gasteiger partial charge in [-0.15, -0.1) is 0 Å². The van der Waals surface area contributed by atoms with Crippen LogP contribution in [0.25, 0.3) is 6.08 Å². The maximum absolute atomic E-state index is 14.8. The largest absolute Gasteiger partial charge is 0.387 e. The van der Waals surface area contributed by atoms with E-state index in [0.29, 0.717) is 24.6 Å². The van der Waals surface area contributed by atoms with Gasteiger partial charge in [0.2, 0.25) is 0 Å². The predicted molar refractivity (Wildman–Crippen MR) is 150 cm³/mol. The topological polar surface area (TPSA) is 64.5 Å². The normalized spacial score (nSPS) is 18.7. The van der Waals surface area contributed by atoms with Gasteiger partial charge < -0.3 is 14.6 Å². The number of halogens is 1. The van der Waals surface area contributed by atoms with Crippen molar-refractivity contribution in [2.75, 3.05) is 6.61 Å². The molecule has 0 saturated heterocycles. The van der Waals surface area contributed by atoms with Crippen LogP contribution in [0.15, 0.2) is 11.8 Å². The molecule has 2 rings (SSSR count). The van der Waals surface area contributed by atoms with Crippen molar-refractivity contribution in [1.29, 1.82) is 0 Å². The SMILES string of the molecule is CCC[C@@H](COC(C)(C)C)C(CCCC(O)c1cnc(/C=C(\C)C2(C(C)(C)F)CC2)c(C)n1)OC(C)C. The van der Waals surface area contributed by atoms with Crippen LogP contribution in [0.3, 0.4) is 0 Å². The van der Waals surface area contributed by atoms with E-state index in [0.717, 1.165) is 55.5 Å². The van der Waals surface area contributed by atoms with Crippen molar-refractivity contribution < 1.29 is 19.0 Å². The molecule has 5 nitrogen and oxygen atoms in total. The Bertz CT molecular complexity index is 881. The molecule has 6 heteroatoms. The van der Waals surface area contributed by atoms with Crippen LogP contribution in [0, 0.1) is 18.3 Å². The number of alkyl halides is 1. The molecule has 1 fully saturated rings. The van der Waals surface area contributed by atoms with Gasteiger partial charge in [0.25, 0.3) is 0 Å². The number of allylic oxidation sites excluding steroid dienone is 1. The summed E-state index contributed by atoms with van der Waals surface area (Å²) in [5.74, 6) is 0.323. The smallest absolute Gasteiger partial charge is 0.114 e. The first-order valence-corrected chi connectivity index (χ1v) is 14.3. The third kappa shape index (κ3) is 9.40. The van der Waals surface area contributed by atoms with Crippen LogP contribution in [0.1, 0.15) is 130 Å². The Balaban J connectivity index is 2.02. The molecule has 0 amide bonds. The second kappa shape index (κ2) is 13.1. The average molecular weight is 521 g/mol. The van der Waals surface area contributed by atoms with Gasteiger partial charge in [0.05, 0.1) is 53.8 Å². The molecule has 1 aliphatic rings. The molecule has 1 heterocycles. The minimum Gasteiger partial charge on any atom is -0.387 e. The summed E-state index contributed by atoms with van der Waals surface area (Å²) >= 11 is 0. The highest BCUT2D eigenvalue weighted by Crippen LogP contribution is 2.60. The first kappa shape index (κ1) is 31.8. The van der Waals surface area contributed by atoms with Crippen molar-refractivity contribution in [3.63, 3.8) is 0 Å². The van der Waals surface area contributed by atoms with E-state index in [1.165, 1.54) is 0 Å². The Morgan fingerprint density at radius 3 is 2.30 bits per heavy atom. The first-order valence-electron chi connectivity index (χ1n) is 14.3. The first-order chi connectivity index (χ1) is 17.1. The number of aliphatic hydroxyl groups excluding tert-OH is 1. The quantitative estimate of drug-likeness (QED) is 0.254. The summed E-state index contributed by atoms with van der Waals surface area (Å²) < 4.78 is 27.2. The van der Waals surface area contributed by atoms with Gasteiger partial charge in [-0.2, -0.15) is 0 Å². The average Bonchev–Trinajstić information content (AvgIpc) is 3.58. The summed E-state index contributed by atoms with van der Waals surface area (Å²) in [5, 5.41) is 10.9. The van der Waals surface area contributed by atoms with Gasteiger partial charge in [-0.3, -0.25) is 9.97 Å². The Labute approximate surface area is 225 Å². The van der Waals surface area contributed by atoms with Crippen molar-refractivity contribution in [3.8, 4) is 0 Å². The molecule has 212 valence electrons. The highest BCUT2D eigenvalue weighted by molar-refractivity contribution is 5.54. The van der Waals surface area contributed by atoms with E-state index in [4.69, 9.17) is 9.47 Å². The summed E-state index contributed by atoms with van der Waals surface area (Å²) in [6.07, 6.45) is 9.32. The number of aromatic nitrogens is 2. The Morgan fingerprint density at radius 1 is 1.16 bits per heavy atom. The monoisotopic (exact) mass is 520 g/mol. The molecule has 1 aromatic rings. The zero-order valence-electron chi connectivity index (χ0n) is 25.2. The molecule has 1 N–H and O–H groups in total. The molecule has 0 aromatic carbocycles. The number of aliphatic hydroxyl groups is 1. The summed E-state index contributed by atoms with van der Waals surface area (Å²) in [5.41, 5.74) is 1.28. The standard InChI is InChI=1S/C31H53FN2O3/c1-11-13-24(20-36-29(6,7)8)28(37-21(2)3)15-12-14-27(35)26-19-33-25(23(5)34-26)18-22(4)31(16-17-31)30(9,10)32/h18-19,21,24,27-28,35H,11-17,20H2,1-10H3/b22-18+/t24-,27?,28?/m0/s1. The lowest BCUT2D eigenvalue weighted by Gasteiger charge is -2.31. The van der Waals surface area contributed by atoms with Crippen molar-refractivity contribution in [2.45, 2.75) is 144 Å². The number of nitrogens with zero attached hydrogens (tertiary/aromatic N) is 2. The number of ether oxygens (including phenoxy) is 2. The van der Waals surface area contributed by atoms with Crippen LogP contribution < -0.4 is 0 Å². The molecule has 0 aliphatic heterocycles. The summed E-state index contributed by atoms with van der Waals surface area (Å²) in [4.78, 5) is 9.24. The molecule has 3 atom stereocenters. The Hall–Kier alpha value is -1.37. The van der Waals surface area contributed by atoms with Gasteiger partial charge in [0.15, 0.2) is 0 Å². The number of hydrogen-bond acceptors (Lipinski definition) is 5. The maximum atomic E-state index is 14.8. The van der Waals surface area contributed by atoms with Gasteiger partial charge >= 0.3 is 0 Å². The van der Waals surface area contributed by atoms with Gasteiger partial charge in [0.1, 0.15) is 5.67 Å². The van der Waals surface area contributed by atoms with Crippen molar-refractivity contribution in [2.24, 2.45) is 11.3 Å². The lowest BCUT2D eigenvalue weighted by atomic mass is 9.82. The molecule has 0 bridgehead atoms. The van der Waals surface area contributed by atoms with Gasteiger partial charge in [0, 0.05) is 11.3 Å². The molecular formula is C31H53FN2O3. The third-order valence-corrected chi connectivity index (χ3v) is 7.67. The highest BCUT2D eigenvalue weighted by Gasteiger charge is 2.56. The van der Waals surface area contributed by atoms with Crippen LogP contribution in [0.5, 0.6) is 0 Å². The fraction of sp³-hybridized carbons (Fsp3) is 0.806. The second-order valence-electron chi connectivity index (χ2n) is 12.8. The highest BCUT2D eigenvalue weighted by atomic mass is 19.1. The fourth-order valence-electron chi connectivity index (χ4n) is 5.27. The summed E-state index contributed by atoms with van der Waals surface area (Å²) in [7, 11) is 0. The summed E-state index contributed by atoms with van der Waals surface area (Å²) in [6, 6.07) is 0. The summed E-state index contributed by atoms with van der Waals surface area (Å²) in [6.45, 7) is 20.5.